The molecule has 1 heterocycles. The Labute approximate surface area is 158 Å². The van der Waals surface area contributed by atoms with E-state index in [1.54, 1.807) is 41.4 Å². The molecule has 0 aliphatic carbocycles. The minimum absolute atomic E-state index is 0.0187. The minimum Gasteiger partial charge on any atom is -0.465 e. The normalized spacial score (nSPS) is 12.2. The van der Waals surface area contributed by atoms with Gasteiger partial charge in [0.05, 0.1) is 10.7 Å². The summed E-state index contributed by atoms with van der Waals surface area (Å²) in [4.78, 5) is 31.2. The first-order valence-corrected chi connectivity index (χ1v) is 9.90. The van der Waals surface area contributed by atoms with Gasteiger partial charge in [0.1, 0.15) is 6.04 Å². The van der Waals surface area contributed by atoms with Crippen molar-refractivity contribution < 1.29 is 23.1 Å². The number of sulfonamides is 1. The second-order valence-electron chi connectivity index (χ2n) is 5.37. The van der Waals surface area contributed by atoms with Crippen LogP contribution in [0.25, 0.3) is 11.4 Å². The van der Waals surface area contributed by atoms with Crippen molar-refractivity contribution in [3.63, 3.8) is 0 Å². The summed E-state index contributed by atoms with van der Waals surface area (Å²) in [5.74, 6) is -0.440. The molecule has 0 fully saturated rings. The number of aromatic nitrogens is 2. The van der Waals surface area contributed by atoms with E-state index in [0.29, 0.717) is 11.4 Å². The Morgan fingerprint density at radius 1 is 1.19 bits per heavy atom. The first-order chi connectivity index (χ1) is 12.1. The molecule has 2 amide bonds. The van der Waals surface area contributed by atoms with E-state index in [4.69, 9.17) is 5.11 Å². The number of carbonyl (C=O) groups is 2. The second kappa shape index (κ2) is 8.23. The van der Waals surface area contributed by atoms with E-state index in [9.17, 15) is 18.0 Å². The standard InChI is InChI=1S/C15H15BrN4O5S/c1-26(24,25)20-14(21)12(19-15(22)23)6-9-2-4-10(5-3-9)13-17-7-11(16)8-18-13/h2-5,7-8,12,19H,6H2,1H3,(H,20,21)(H,22,23). The number of halogens is 1. The molecule has 1 aromatic heterocycles. The molecule has 0 saturated heterocycles. The van der Waals surface area contributed by atoms with Crippen molar-refractivity contribution in [1.29, 1.82) is 0 Å². The molecule has 9 nitrogen and oxygen atoms in total. The molecule has 1 unspecified atom stereocenters. The van der Waals surface area contributed by atoms with Crippen LogP contribution in [0, 0.1) is 0 Å². The highest BCUT2D eigenvalue weighted by molar-refractivity contribution is 9.10. The van der Waals surface area contributed by atoms with Crippen LogP contribution in [0.15, 0.2) is 41.1 Å². The third-order valence-electron chi connectivity index (χ3n) is 3.17. The summed E-state index contributed by atoms with van der Waals surface area (Å²) >= 11 is 3.25. The maximum Gasteiger partial charge on any atom is 0.405 e. The predicted molar refractivity (Wildman–Crippen MR) is 96.8 cm³/mol. The van der Waals surface area contributed by atoms with Gasteiger partial charge >= 0.3 is 6.09 Å². The van der Waals surface area contributed by atoms with Crippen molar-refractivity contribution in [3.05, 3.63) is 46.7 Å². The van der Waals surface area contributed by atoms with Gasteiger partial charge in [-0.15, -0.1) is 0 Å². The summed E-state index contributed by atoms with van der Waals surface area (Å²) in [5.41, 5.74) is 1.37. The molecule has 2 rings (SSSR count). The number of hydrogen-bond acceptors (Lipinski definition) is 6. The van der Waals surface area contributed by atoms with Crippen LogP contribution < -0.4 is 10.0 Å². The van der Waals surface area contributed by atoms with Crippen molar-refractivity contribution in [3.8, 4) is 11.4 Å². The zero-order chi connectivity index (χ0) is 19.3. The van der Waals surface area contributed by atoms with E-state index in [2.05, 4.69) is 25.9 Å². The van der Waals surface area contributed by atoms with E-state index in [1.807, 2.05) is 5.32 Å². The van der Waals surface area contributed by atoms with E-state index >= 15 is 0 Å². The smallest absolute Gasteiger partial charge is 0.405 e. The van der Waals surface area contributed by atoms with Gasteiger partial charge in [-0.2, -0.15) is 0 Å². The highest BCUT2D eigenvalue weighted by Gasteiger charge is 2.23. The van der Waals surface area contributed by atoms with Crippen molar-refractivity contribution >= 4 is 38.0 Å². The van der Waals surface area contributed by atoms with Crippen LogP contribution in [-0.2, 0) is 21.2 Å². The molecule has 3 N–H and O–H groups in total. The van der Waals surface area contributed by atoms with E-state index in [1.165, 1.54) is 0 Å². The van der Waals surface area contributed by atoms with Gasteiger partial charge in [-0.3, -0.25) is 9.52 Å². The Kier molecular flexibility index (Phi) is 6.27. The molecule has 0 saturated carbocycles. The Balaban J connectivity index is 2.16. The molecule has 0 aliphatic rings. The molecule has 11 heteroatoms. The number of nitrogens with one attached hydrogen (secondary N) is 2. The van der Waals surface area contributed by atoms with Gasteiger partial charge in [0.15, 0.2) is 5.82 Å². The SMILES string of the molecule is CS(=O)(=O)NC(=O)C(Cc1ccc(-c2ncc(Br)cn2)cc1)NC(=O)O. The van der Waals surface area contributed by atoms with Gasteiger partial charge in [-0.1, -0.05) is 24.3 Å². The van der Waals surface area contributed by atoms with Gasteiger partial charge < -0.3 is 10.4 Å². The highest BCUT2D eigenvalue weighted by atomic mass is 79.9. The first kappa shape index (κ1) is 19.8. The van der Waals surface area contributed by atoms with E-state index < -0.39 is 28.1 Å². The van der Waals surface area contributed by atoms with E-state index in [-0.39, 0.29) is 6.42 Å². The molecule has 0 radical (unpaired) electrons. The summed E-state index contributed by atoms with van der Waals surface area (Å²) in [7, 11) is -3.80. The lowest BCUT2D eigenvalue weighted by Crippen LogP contribution is -2.48. The van der Waals surface area contributed by atoms with Crippen LogP contribution in [0.2, 0.25) is 0 Å². The maximum absolute atomic E-state index is 12.0. The number of amides is 2. The number of hydrogen-bond donors (Lipinski definition) is 3. The molecule has 26 heavy (non-hydrogen) atoms. The molecule has 1 atom stereocenters. The lowest BCUT2D eigenvalue weighted by molar-refractivity contribution is -0.121. The Morgan fingerprint density at radius 3 is 2.27 bits per heavy atom. The fourth-order valence-corrected chi connectivity index (χ4v) is 2.81. The maximum atomic E-state index is 12.0. The van der Waals surface area contributed by atoms with E-state index in [0.717, 1.165) is 16.3 Å². The Bertz CT molecular complexity index is 901. The number of rotatable bonds is 6. The first-order valence-electron chi connectivity index (χ1n) is 7.22. The topological polar surface area (TPSA) is 138 Å². The van der Waals surface area contributed by atoms with Crippen molar-refractivity contribution in [2.45, 2.75) is 12.5 Å². The van der Waals surface area contributed by atoms with Gasteiger partial charge in [0.25, 0.3) is 5.91 Å². The van der Waals surface area contributed by atoms with Gasteiger partial charge in [0, 0.05) is 24.4 Å². The fourth-order valence-electron chi connectivity index (χ4n) is 2.10. The molecular formula is C15H15BrN4O5S. The quantitative estimate of drug-likeness (QED) is 0.609. The minimum atomic E-state index is -3.80. The molecule has 2 aromatic rings. The summed E-state index contributed by atoms with van der Waals surface area (Å²) in [6.45, 7) is 0. The summed E-state index contributed by atoms with van der Waals surface area (Å²) in [6.07, 6.45) is 2.58. The molecule has 138 valence electrons. The lowest BCUT2D eigenvalue weighted by Gasteiger charge is -2.16. The molecule has 0 aliphatic heterocycles. The van der Waals surface area contributed by atoms with Crippen molar-refractivity contribution in [2.24, 2.45) is 0 Å². The second-order valence-corrected chi connectivity index (χ2v) is 8.03. The van der Waals surface area contributed by atoms with Crippen LogP contribution in [-0.4, -0.2) is 47.8 Å². The third kappa shape index (κ3) is 6.08. The van der Waals surface area contributed by atoms with Crippen molar-refractivity contribution in [2.75, 3.05) is 6.26 Å². The average Bonchev–Trinajstić information content (AvgIpc) is 2.54. The summed E-state index contributed by atoms with van der Waals surface area (Å²) in [6, 6.07) is 5.57. The molecule has 0 spiro atoms. The molecular weight excluding hydrogens is 428 g/mol. The highest BCUT2D eigenvalue weighted by Crippen LogP contribution is 2.17. The third-order valence-corrected chi connectivity index (χ3v) is 4.15. The lowest BCUT2D eigenvalue weighted by atomic mass is 10.0. The van der Waals surface area contributed by atoms with Gasteiger partial charge in [0.2, 0.25) is 10.0 Å². The monoisotopic (exact) mass is 442 g/mol. The summed E-state index contributed by atoms with van der Waals surface area (Å²) in [5, 5.41) is 10.9. The van der Waals surface area contributed by atoms with Crippen LogP contribution in [0.3, 0.4) is 0 Å². The summed E-state index contributed by atoms with van der Waals surface area (Å²) < 4.78 is 24.9. The van der Waals surface area contributed by atoms with Crippen LogP contribution >= 0.6 is 15.9 Å². The predicted octanol–water partition coefficient (Wildman–Crippen LogP) is 1.16. The Morgan fingerprint density at radius 2 is 1.77 bits per heavy atom. The fraction of sp³-hybridized carbons (Fsp3) is 0.200. The average molecular weight is 443 g/mol. The Hall–Kier alpha value is -2.53. The number of carbonyl (C=O) groups excluding carboxylic acids is 1. The van der Waals surface area contributed by atoms with Crippen LogP contribution in [0.1, 0.15) is 5.56 Å². The zero-order valence-corrected chi connectivity index (χ0v) is 15.9. The van der Waals surface area contributed by atoms with Gasteiger partial charge in [-0.25, -0.2) is 23.2 Å². The molecule has 0 bridgehead atoms. The number of carboxylic acid groups (broad SMARTS) is 1. The van der Waals surface area contributed by atoms with Crippen molar-refractivity contribution in [1.82, 2.24) is 20.0 Å². The van der Waals surface area contributed by atoms with Crippen LogP contribution in [0.4, 0.5) is 4.79 Å². The molecule has 1 aromatic carbocycles. The largest absolute Gasteiger partial charge is 0.465 e. The number of benzene rings is 1. The van der Waals surface area contributed by atoms with Gasteiger partial charge in [-0.05, 0) is 21.5 Å². The van der Waals surface area contributed by atoms with Crippen LogP contribution in [0.5, 0.6) is 0 Å². The zero-order valence-electron chi connectivity index (χ0n) is 13.5. The number of nitrogens with zero attached hydrogens (tertiary/aromatic N) is 2.